The number of piperazine rings is 1. The van der Waals surface area contributed by atoms with Gasteiger partial charge < -0.3 is 4.90 Å². The van der Waals surface area contributed by atoms with Gasteiger partial charge in [0.25, 0.3) is 5.91 Å². The summed E-state index contributed by atoms with van der Waals surface area (Å²) in [6.07, 6.45) is 1.91. The lowest BCUT2D eigenvalue weighted by molar-refractivity contribution is 0.0694. The van der Waals surface area contributed by atoms with Crippen molar-refractivity contribution in [2.75, 3.05) is 32.4 Å². The number of hydrogen-bond donors (Lipinski definition) is 0. The van der Waals surface area contributed by atoms with Gasteiger partial charge in [-0.1, -0.05) is 24.3 Å². The fourth-order valence-electron chi connectivity index (χ4n) is 2.92. The van der Waals surface area contributed by atoms with Crippen molar-refractivity contribution in [3.8, 4) is 0 Å². The van der Waals surface area contributed by atoms with E-state index in [1.807, 2.05) is 24.5 Å². The van der Waals surface area contributed by atoms with Crippen LogP contribution in [-0.4, -0.2) is 56.0 Å². The summed E-state index contributed by atoms with van der Waals surface area (Å²) in [5.41, 5.74) is 0.616. The van der Waals surface area contributed by atoms with Crippen molar-refractivity contribution >= 4 is 27.7 Å². The van der Waals surface area contributed by atoms with E-state index in [-0.39, 0.29) is 37.0 Å². The van der Waals surface area contributed by atoms with Crippen LogP contribution in [0.2, 0.25) is 0 Å². The molecule has 8 heteroatoms. The highest BCUT2D eigenvalue weighted by Gasteiger charge is 2.32. The van der Waals surface area contributed by atoms with Gasteiger partial charge in [-0.05, 0) is 30.5 Å². The monoisotopic (exact) mass is 394 g/mol. The molecule has 3 rings (SSSR count). The van der Waals surface area contributed by atoms with Crippen LogP contribution in [0.5, 0.6) is 0 Å². The summed E-state index contributed by atoms with van der Waals surface area (Å²) < 4.78 is 40.4. The first kappa shape index (κ1) is 18.9. The molecule has 26 heavy (non-hydrogen) atoms. The zero-order valence-electron chi connectivity index (χ0n) is 14.3. The molecule has 1 heterocycles. The topological polar surface area (TPSA) is 57.7 Å². The molecule has 1 aliphatic heterocycles. The molecule has 1 aliphatic rings. The van der Waals surface area contributed by atoms with Crippen LogP contribution in [-0.2, 0) is 10.0 Å². The highest BCUT2D eigenvalue weighted by atomic mass is 32.2. The van der Waals surface area contributed by atoms with Crippen LogP contribution in [0.1, 0.15) is 10.4 Å². The average Bonchev–Trinajstić information content (AvgIpc) is 2.67. The first-order valence-electron chi connectivity index (χ1n) is 8.12. The summed E-state index contributed by atoms with van der Waals surface area (Å²) in [6.45, 7) is 0.831. The molecular weight excluding hydrogens is 375 g/mol. The predicted molar refractivity (Wildman–Crippen MR) is 99.3 cm³/mol. The van der Waals surface area contributed by atoms with Gasteiger partial charge in [-0.2, -0.15) is 4.31 Å². The molecule has 0 radical (unpaired) electrons. The van der Waals surface area contributed by atoms with E-state index in [9.17, 15) is 17.6 Å². The second kappa shape index (κ2) is 7.77. The van der Waals surface area contributed by atoms with Crippen molar-refractivity contribution in [2.24, 2.45) is 0 Å². The van der Waals surface area contributed by atoms with Crippen LogP contribution in [0, 0.1) is 5.82 Å². The molecule has 2 aromatic carbocycles. The first-order valence-corrected chi connectivity index (χ1v) is 10.8. The van der Waals surface area contributed by atoms with Crippen molar-refractivity contribution in [3.05, 3.63) is 59.9 Å². The van der Waals surface area contributed by atoms with Gasteiger partial charge >= 0.3 is 0 Å². The van der Waals surface area contributed by atoms with Crippen LogP contribution < -0.4 is 0 Å². The Morgan fingerprint density at radius 3 is 2.27 bits per heavy atom. The molecule has 0 saturated carbocycles. The van der Waals surface area contributed by atoms with E-state index in [1.165, 1.54) is 34.3 Å². The Morgan fingerprint density at radius 2 is 1.62 bits per heavy atom. The summed E-state index contributed by atoms with van der Waals surface area (Å²) in [4.78, 5) is 14.9. The lowest BCUT2D eigenvalue weighted by atomic mass is 10.2. The standard InChI is InChI=1S/C18H19FN2O3S2/c1-25-16-8-4-2-6-14(16)18(22)20-10-12-21(13-11-20)26(23,24)17-9-5-3-7-15(17)19/h2-9H,10-13H2,1H3. The van der Waals surface area contributed by atoms with Crippen molar-refractivity contribution in [1.29, 1.82) is 0 Å². The molecular formula is C18H19FN2O3S2. The Morgan fingerprint density at radius 1 is 1.00 bits per heavy atom. The molecule has 1 amide bonds. The lowest BCUT2D eigenvalue weighted by Crippen LogP contribution is -2.50. The van der Waals surface area contributed by atoms with Crippen LogP contribution in [0.4, 0.5) is 4.39 Å². The zero-order chi connectivity index (χ0) is 18.7. The van der Waals surface area contributed by atoms with Crippen molar-refractivity contribution < 1.29 is 17.6 Å². The van der Waals surface area contributed by atoms with E-state index in [2.05, 4.69) is 0 Å². The third kappa shape index (κ3) is 3.62. The number of halogens is 1. The smallest absolute Gasteiger partial charge is 0.255 e. The van der Waals surface area contributed by atoms with Gasteiger partial charge in [0.05, 0.1) is 5.56 Å². The molecule has 138 valence electrons. The SMILES string of the molecule is CSc1ccccc1C(=O)N1CCN(S(=O)(=O)c2ccccc2F)CC1. The zero-order valence-corrected chi connectivity index (χ0v) is 15.9. The fraction of sp³-hybridized carbons (Fsp3) is 0.278. The van der Waals surface area contributed by atoms with E-state index in [4.69, 9.17) is 0 Å². The van der Waals surface area contributed by atoms with Crippen LogP contribution in [0.15, 0.2) is 58.3 Å². The van der Waals surface area contributed by atoms with E-state index in [1.54, 1.807) is 11.0 Å². The second-order valence-electron chi connectivity index (χ2n) is 5.83. The number of sulfonamides is 1. The third-order valence-corrected chi connectivity index (χ3v) is 7.05. The van der Waals surface area contributed by atoms with Gasteiger partial charge in [0.15, 0.2) is 0 Å². The molecule has 0 unspecified atom stereocenters. The molecule has 0 atom stereocenters. The third-order valence-electron chi connectivity index (χ3n) is 4.32. The molecule has 0 aromatic heterocycles. The average molecular weight is 394 g/mol. The van der Waals surface area contributed by atoms with E-state index in [0.717, 1.165) is 11.0 Å². The maximum Gasteiger partial charge on any atom is 0.255 e. The number of carbonyl (C=O) groups is 1. The minimum absolute atomic E-state index is 0.113. The summed E-state index contributed by atoms with van der Waals surface area (Å²) in [5, 5.41) is 0. The summed E-state index contributed by atoms with van der Waals surface area (Å²) >= 11 is 1.50. The fourth-order valence-corrected chi connectivity index (χ4v) is 4.99. The van der Waals surface area contributed by atoms with Gasteiger partial charge in [0.1, 0.15) is 10.7 Å². The van der Waals surface area contributed by atoms with Crippen LogP contribution in [0.3, 0.4) is 0 Å². The van der Waals surface area contributed by atoms with Gasteiger partial charge in [-0.25, -0.2) is 12.8 Å². The number of benzene rings is 2. The van der Waals surface area contributed by atoms with E-state index in [0.29, 0.717) is 5.56 Å². The second-order valence-corrected chi connectivity index (χ2v) is 8.58. The normalized spacial score (nSPS) is 15.8. The Labute approximate surface area is 156 Å². The van der Waals surface area contributed by atoms with Crippen molar-refractivity contribution in [3.63, 3.8) is 0 Å². The first-order chi connectivity index (χ1) is 12.4. The van der Waals surface area contributed by atoms with Crippen molar-refractivity contribution in [1.82, 2.24) is 9.21 Å². The molecule has 0 bridgehead atoms. The van der Waals surface area contributed by atoms with Gasteiger partial charge in [0.2, 0.25) is 10.0 Å². The molecule has 1 fully saturated rings. The quantitative estimate of drug-likeness (QED) is 0.748. The van der Waals surface area contributed by atoms with Gasteiger partial charge in [0, 0.05) is 31.1 Å². The largest absolute Gasteiger partial charge is 0.336 e. The van der Waals surface area contributed by atoms with Crippen LogP contribution in [0.25, 0.3) is 0 Å². The number of amides is 1. The maximum absolute atomic E-state index is 13.9. The minimum Gasteiger partial charge on any atom is -0.336 e. The number of thioether (sulfide) groups is 1. The molecule has 0 aliphatic carbocycles. The Kier molecular flexibility index (Phi) is 5.64. The Hall–Kier alpha value is -1.90. The molecule has 0 N–H and O–H groups in total. The summed E-state index contributed by atoms with van der Waals surface area (Å²) in [6, 6.07) is 12.7. The number of carbonyl (C=O) groups excluding carboxylic acids is 1. The summed E-state index contributed by atoms with van der Waals surface area (Å²) in [5.74, 6) is -0.877. The van der Waals surface area contributed by atoms with E-state index < -0.39 is 15.8 Å². The predicted octanol–water partition coefficient (Wildman–Crippen LogP) is 2.69. The van der Waals surface area contributed by atoms with Gasteiger partial charge in [-0.3, -0.25) is 4.79 Å². The summed E-state index contributed by atoms with van der Waals surface area (Å²) in [7, 11) is -3.90. The molecule has 5 nitrogen and oxygen atoms in total. The molecule has 1 saturated heterocycles. The lowest BCUT2D eigenvalue weighted by Gasteiger charge is -2.34. The van der Waals surface area contributed by atoms with Crippen LogP contribution >= 0.6 is 11.8 Å². The molecule has 0 spiro atoms. The molecule has 2 aromatic rings. The minimum atomic E-state index is -3.90. The number of nitrogens with zero attached hydrogens (tertiary/aromatic N) is 2. The number of hydrogen-bond acceptors (Lipinski definition) is 4. The van der Waals surface area contributed by atoms with E-state index >= 15 is 0 Å². The number of rotatable bonds is 4. The van der Waals surface area contributed by atoms with Crippen molar-refractivity contribution in [2.45, 2.75) is 9.79 Å². The Balaban J connectivity index is 1.73. The highest BCUT2D eigenvalue weighted by Crippen LogP contribution is 2.24. The highest BCUT2D eigenvalue weighted by molar-refractivity contribution is 7.98. The Bertz CT molecular complexity index is 910. The van der Waals surface area contributed by atoms with Gasteiger partial charge in [-0.15, -0.1) is 11.8 Å². The maximum atomic E-state index is 13.9.